The Morgan fingerprint density at radius 3 is 2.28 bits per heavy atom. The molecular weight excluding hydrogens is 483 g/mol. The van der Waals surface area contributed by atoms with Crippen LogP contribution < -0.4 is 4.74 Å². The second-order valence-corrected chi connectivity index (χ2v) is 12.6. The lowest BCUT2D eigenvalue weighted by Gasteiger charge is -2.27. The topological polar surface area (TPSA) is 110 Å². The van der Waals surface area contributed by atoms with Gasteiger partial charge in [0.1, 0.15) is 11.4 Å². The molecule has 2 aliphatic rings. The Balaban J connectivity index is 1.53. The molecule has 2 aromatic rings. The molecule has 0 aliphatic heterocycles. The van der Waals surface area contributed by atoms with Crippen LogP contribution in [0.4, 0.5) is 0 Å². The Hall–Kier alpha value is -2.22. The molecule has 0 amide bonds. The quantitative estimate of drug-likeness (QED) is 0.261. The fourth-order valence-electron chi connectivity index (χ4n) is 4.27. The predicted octanol–water partition coefficient (Wildman–Crippen LogP) is 5.60. The molecule has 0 saturated heterocycles. The molecular formula is C26H37N2O7P. The average molecular weight is 521 g/mol. The first-order chi connectivity index (χ1) is 17.1. The second-order valence-electron chi connectivity index (χ2n) is 10.4. The molecule has 10 heteroatoms. The molecule has 1 aromatic carbocycles. The van der Waals surface area contributed by atoms with E-state index in [1.165, 1.54) is 6.42 Å². The molecule has 0 bridgehead atoms. The summed E-state index contributed by atoms with van der Waals surface area (Å²) in [6.07, 6.45) is 5.45. The van der Waals surface area contributed by atoms with Crippen molar-refractivity contribution in [3.63, 3.8) is 0 Å². The summed E-state index contributed by atoms with van der Waals surface area (Å²) in [6, 6.07) is 8.10. The van der Waals surface area contributed by atoms with Gasteiger partial charge in [-0.25, -0.2) is 0 Å². The van der Waals surface area contributed by atoms with Crippen LogP contribution in [0.25, 0.3) is 0 Å². The van der Waals surface area contributed by atoms with E-state index in [4.69, 9.17) is 23.0 Å². The molecule has 2 fully saturated rings. The summed E-state index contributed by atoms with van der Waals surface area (Å²) in [5.41, 5.74) is -1.23. The third-order valence-electron chi connectivity index (χ3n) is 6.45. The standard InChI is InChI=1S/C26H37N2O7P/c1-6-31-36(30,32-7-2)21(23(29)34-25(3,4)5)17-22-27-24(28-35-22)26(15-16-26)18-11-13-20(14-12-18)33-19-9-8-10-19/h11-14,19,21H,6-10,15-17H2,1-5H3. The summed E-state index contributed by atoms with van der Waals surface area (Å²) in [6.45, 7) is 8.88. The van der Waals surface area contributed by atoms with Gasteiger partial charge < -0.3 is 23.0 Å². The largest absolute Gasteiger partial charge is 0.490 e. The zero-order chi connectivity index (χ0) is 26.0. The highest BCUT2D eigenvalue weighted by Crippen LogP contribution is 2.55. The van der Waals surface area contributed by atoms with E-state index in [0.717, 1.165) is 37.0 Å². The van der Waals surface area contributed by atoms with Crippen LogP contribution in [0.2, 0.25) is 0 Å². The molecule has 9 nitrogen and oxygen atoms in total. The van der Waals surface area contributed by atoms with E-state index < -0.39 is 24.8 Å². The van der Waals surface area contributed by atoms with Crippen molar-refractivity contribution in [3.05, 3.63) is 41.5 Å². The van der Waals surface area contributed by atoms with Crippen molar-refractivity contribution < 1.29 is 32.4 Å². The highest BCUT2D eigenvalue weighted by molar-refractivity contribution is 7.55. The van der Waals surface area contributed by atoms with Crippen LogP contribution in [0.5, 0.6) is 5.75 Å². The van der Waals surface area contributed by atoms with Gasteiger partial charge in [-0.2, -0.15) is 4.98 Å². The Labute approximate surface area is 212 Å². The second kappa shape index (κ2) is 10.6. The van der Waals surface area contributed by atoms with Crippen molar-refractivity contribution in [1.29, 1.82) is 0 Å². The van der Waals surface area contributed by atoms with E-state index in [-0.39, 0.29) is 30.9 Å². The summed E-state index contributed by atoms with van der Waals surface area (Å²) in [4.78, 5) is 17.7. The van der Waals surface area contributed by atoms with Gasteiger partial charge in [0, 0.05) is 0 Å². The summed E-state index contributed by atoms with van der Waals surface area (Å²) in [5.74, 6) is 0.930. The van der Waals surface area contributed by atoms with Crippen molar-refractivity contribution in [1.82, 2.24) is 10.1 Å². The summed E-state index contributed by atoms with van der Waals surface area (Å²) >= 11 is 0. The number of hydrogen-bond acceptors (Lipinski definition) is 9. The van der Waals surface area contributed by atoms with Crippen molar-refractivity contribution in [2.45, 2.75) is 95.9 Å². The lowest BCUT2D eigenvalue weighted by molar-refractivity contribution is -0.154. The van der Waals surface area contributed by atoms with E-state index in [1.807, 2.05) is 12.1 Å². The number of rotatable bonds is 12. The van der Waals surface area contributed by atoms with Gasteiger partial charge in [-0.05, 0) is 84.4 Å². The van der Waals surface area contributed by atoms with Crippen LogP contribution in [-0.4, -0.2) is 46.7 Å². The molecule has 1 atom stereocenters. The van der Waals surface area contributed by atoms with Gasteiger partial charge in [0.2, 0.25) is 5.89 Å². The average Bonchev–Trinajstić information content (AvgIpc) is 3.45. The number of hydrogen-bond donors (Lipinski definition) is 0. The van der Waals surface area contributed by atoms with Crippen LogP contribution in [0, 0.1) is 0 Å². The molecule has 2 saturated carbocycles. The Bertz CT molecular complexity index is 1070. The minimum Gasteiger partial charge on any atom is -0.490 e. The molecule has 198 valence electrons. The SMILES string of the molecule is CCOP(=O)(OCC)C(Cc1nc(C2(c3ccc(OC4CCC4)cc3)CC2)no1)C(=O)OC(C)(C)C. The summed E-state index contributed by atoms with van der Waals surface area (Å²) < 4.78 is 41.6. The van der Waals surface area contributed by atoms with Gasteiger partial charge in [-0.15, -0.1) is 0 Å². The number of ether oxygens (including phenoxy) is 2. The summed E-state index contributed by atoms with van der Waals surface area (Å²) in [5, 5.41) is 4.24. The smallest absolute Gasteiger partial charge is 0.345 e. The van der Waals surface area contributed by atoms with E-state index in [1.54, 1.807) is 34.6 Å². The lowest BCUT2D eigenvalue weighted by atomic mass is 9.94. The van der Waals surface area contributed by atoms with Gasteiger partial charge in [-0.3, -0.25) is 9.36 Å². The fourth-order valence-corrected chi connectivity index (χ4v) is 6.11. The molecule has 0 spiro atoms. The zero-order valence-electron chi connectivity index (χ0n) is 21.8. The van der Waals surface area contributed by atoms with Crippen LogP contribution in [0.1, 0.15) is 84.0 Å². The lowest BCUT2D eigenvalue weighted by Crippen LogP contribution is -2.34. The predicted molar refractivity (Wildman–Crippen MR) is 133 cm³/mol. The highest BCUT2D eigenvalue weighted by Gasteiger charge is 2.51. The van der Waals surface area contributed by atoms with Crippen molar-refractivity contribution in [2.75, 3.05) is 13.2 Å². The van der Waals surface area contributed by atoms with Crippen LogP contribution in [-0.2, 0) is 35.0 Å². The molecule has 1 unspecified atom stereocenters. The molecule has 36 heavy (non-hydrogen) atoms. The third kappa shape index (κ3) is 6.01. The number of aromatic nitrogens is 2. The first kappa shape index (κ1) is 26.8. The number of nitrogens with zero attached hydrogens (tertiary/aromatic N) is 2. The van der Waals surface area contributed by atoms with Crippen molar-refractivity contribution in [2.24, 2.45) is 0 Å². The van der Waals surface area contributed by atoms with Crippen LogP contribution in [0.15, 0.2) is 28.8 Å². The van der Waals surface area contributed by atoms with Gasteiger partial charge in [0.05, 0.1) is 31.2 Å². The Morgan fingerprint density at radius 1 is 1.14 bits per heavy atom. The van der Waals surface area contributed by atoms with Crippen molar-refractivity contribution in [3.8, 4) is 5.75 Å². The van der Waals surface area contributed by atoms with E-state index in [9.17, 15) is 9.36 Å². The van der Waals surface area contributed by atoms with Crippen LogP contribution >= 0.6 is 7.60 Å². The van der Waals surface area contributed by atoms with Crippen LogP contribution in [0.3, 0.4) is 0 Å². The Kier molecular flexibility index (Phi) is 7.93. The maximum absolute atomic E-state index is 13.6. The first-order valence-corrected chi connectivity index (χ1v) is 14.4. The van der Waals surface area contributed by atoms with E-state index in [0.29, 0.717) is 11.9 Å². The van der Waals surface area contributed by atoms with E-state index in [2.05, 4.69) is 22.3 Å². The maximum atomic E-state index is 13.6. The Morgan fingerprint density at radius 2 is 1.78 bits per heavy atom. The van der Waals surface area contributed by atoms with Gasteiger partial charge >= 0.3 is 13.6 Å². The molecule has 4 rings (SSSR count). The monoisotopic (exact) mass is 520 g/mol. The number of esters is 1. The van der Waals surface area contributed by atoms with Gasteiger partial charge in [0.15, 0.2) is 11.5 Å². The molecule has 1 heterocycles. The number of carbonyl (C=O) groups excluding carboxylic acids is 1. The van der Waals surface area contributed by atoms with Gasteiger partial charge in [0.25, 0.3) is 0 Å². The third-order valence-corrected chi connectivity index (χ3v) is 8.85. The molecule has 1 aromatic heterocycles. The number of benzene rings is 1. The molecule has 0 N–H and O–H groups in total. The normalized spacial score (nSPS) is 18.4. The highest BCUT2D eigenvalue weighted by atomic mass is 31.2. The first-order valence-electron chi connectivity index (χ1n) is 12.8. The fraction of sp³-hybridized carbons (Fsp3) is 0.654. The number of carbonyl (C=O) groups is 1. The molecule has 2 aliphatic carbocycles. The minimum absolute atomic E-state index is 0.108. The maximum Gasteiger partial charge on any atom is 0.345 e. The minimum atomic E-state index is -3.84. The molecule has 0 radical (unpaired) electrons. The van der Waals surface area contributed by atoms with E-state index >= 15 is 0 Å². The zero-order valence-corrected chi connectivity index (χ0v) is 22.7. The van der Waals surface area contributed by atoms with Gasteiger partial charge in [-0.1, -0.05) is 17.3 Å². The summed E-state index contributed by atoms with van der Waals surface area (Å²) in [7, 11) is -3.84. The van der Waals surface area contributed by atoms with Crippen molar-refractivity contribution >= 4 is 13.6 Å².